The molecule has 8 heteroatoms. The van der Waals surface area contributed by atoms with Crippen LogP contribution in [0.25, 0.3) is 0 Å². The molecule has 0 fully saturated rings. The highest BCUT2D eigenvalue weighted by atomic mass is 19.4. The lowest BCUT2D eigenvalue weighted by Crippen LogP contribution is -2.16. The van der Waals surface area contributed by atoms with Crippen LogP contribution in [0.5, 0.6) is 0 Å². The summed E-state index contributed by atoms with van der Waals surface area (Å²) in [4.78, 5) is 11.5. The van der Waals surface area contributed by atoms with Crippen LogP contribution >= 0.6 is 0 Å². The fourth-order valence-electron chi connectivity index (χ4n) is 1.61. The highest BCUT2D eigenvalue weighted by Gasteiger charge is 2.37. The molecule has 0 bridgehead atoms. The fraction of sp³-hybridized carbons (Fsp3) is 0.462. The Bertz CT molecular complexity index is 486. The molecule has 0 atom stereocenters. The number of carbonyl (C=O) groups excluding carboxylic acids is 1. The summed E-state index contributed by atoms with van der Waals surface area (Å²) in [6, 6.07) is 0.971. The van der Waals surface area contributed by atoms with Gasteiger partial charge < -0.3 is 5.32 Å². The number of benzene rings is 1. The predicted molar refractivity (Wildman–Crippen MR) is 64.5 cm³/mol. The van der Waals surface area contributed by atoms with Crippen molar-refractivity contribution in [2.45, 2.75) is 32.6 Å². The molecule has 1 amide bonds. The first-order chi connectivity index (χ1) is 9.39. The van der Waals surface area contributed by atoms with Crippen LogP contribution in [-0.4, -0.2) is 5.91 Å². The summed E-state index contributed by atoms with van der Waals surface area (Å²) >= 11 is 0. The molecule has 21 heavy (non-hydrogen) atoms. The second-order valence-electron chi connectivity index (χ2n) is 4.94. The van der Waals surface area contributed by atoms with Gasteiger partial charge in [0.1, 0.15) is 0 Å². The molecule has 1 aromatic rings. The van der Waals surface area contributed by atoms with E-state index in [1.54, 1.807) is 13.8 Å². The Morgan fingerprint density at radius 1 is 1.00 bits per heavy atom. The Kier molecular flexibility index (Phi) is 4.91. The van der Waals surface area contributed by atoms with E-state index in [1.807, 2.05) is 0 Å². The van der Waals surface area contributed by atoms with Gasteiger partial charge in [0, 0.05) is 12.1 Å². The Hall–Kier alpha value is -1.73. The third kappa shape index (κ3) is 5.28. The normalized spacial score (nSPS) is 12.6. The number of amides is 1. The van der Waals surface area contributed by atoms with Gasteiger partial charge in [0.25, 0.3) is 0 Å². The zero-order valence-corrected chi connectivity index (χ0v) is 11.2. The van der Waals surface area contributed by atoms with Crippen LogP contribution in [0.3, 0.4) is 0 Å². The van der Waals surface area contributed by atoms with E-state index in [9.17, 15) is 31.1 Å². The lowest BCUT2D eigenvalue weighted by atomic mass is 10.1. The average Bonchev–Trinajstić information content (AvgIpc) is 2.24. The minimum absolute atomic E-state index is 0.00238. The molecule has 0 saturated heterocycles. The van der Waals surface area contributed by atoms with E-state index in [4.69, 9.17) is 0 Å². The molecule has 0 spiro atoms. The summed E-state index contributed by atoms with van der Waals surface area (Å²) in [6.45, 7) is 3.40. The molecule has 0 saturated carbocycles. The number of alkyl halides is 6. The first-order valence-electron chi connectivity index (χ1n) is 5.99. The second kappa shape index (κ2) is 5.95. The van der Waals surface area contributed by atoms with E-state index in [0.29, 0.717) is 12.1 Å². The maximum Gasteiger partial charge on any atom is 0.416 e. The van der Waals surface area contributed by atoms with Gasteiger partial charge in [-0.2, -0.15) is 26.3 Å². The van der Waals surface area contributed by atoms with E-state index >= 15 is 0 Å². The van der Waals surface area contributed by atoms with Crippen molar-refractivity contribution in [1.82, 2.24) is 0 Å². The van der Waals surface area contributed by atoms with Crippen LogP contribution in [0.4, 0.5) is 32.0 Å². The van der Waals surface area contributed by atoms with Crippen molar-refractivity contribution in [2.24, 2.45) is 5.92 Å². The van der Waals surface area contributed by atoms with Crippen molar-refractivity contribution in [1.29, 1.82) is 0 Å². The maximum atomic E-state index is 12.6. The van der Waals surface area contributed by atoms with Crippen molar-refractivity contribution < 1.29 is 31.1 Å². The molecule has 1 aromatic carbocycles. The number of hydrogen-bond donors (Lipinski definition) is 1. The molecule has 2 nitrogen and oxygen atoms in total. The number of hydrogen-bond acceptors (Lipinski definition) is 1. The topological polar surface area (TPSA) is 29.1 Å². The van der Waals surface area contributed by atoms with Gasteiger partial charge in [-0.25, -0.2) is 0 Å². The van der Waals surface area contributed by atoms with E-state index in [0.717, 1.165) is 0 Å². The molecule has 0 unspecified atom stereocenters. The number of nitrogens with one attached hydrogen (secondary N) is 1. The van der Waals surface area contributed by atoms with Crippen molar-refractivity contribution >= 4 is 11.6 Å². The highest BCUT2D eigenvalue weighted by molar-refractivity contribution is 5.91. The van der Waals surface area contributed by atoms with Gasteiger partial charge in [-0.15, -0.1) is 0 Å². The molecule has 1 rings (SSSR count). The maximum absolute atomic E-state index is 12.6. The summed E-state index contributed by atoms with van der Waals surface area (Å²) in [6.07, 6.45) is -9.87. The molecule has 0 heterocycles. The van der Waals surface area contributed by atoms with E-state index in [2.05, 4.69) is 5.32 Å². The van der Waals surface area contributed by atoms with E-state index < -0.39 is 35.1 Å². The summed E-state index contributed by atoms with van der Waals surface area (Å²) < 4.78 is 75.6. The minimum Gasteiger partial charge on any atom is -0.326 e. The van der Waals surface area contributed by atoms with Crippen LogP contribution in [0.2, 0.25) is 0 Å². The SMILES string of the molecule is CC(C)CC(=O)Nc1cc(C(F)(F)F)cc(C(F)(F)F)c1. The molecule has 1 N–H and O–H groups in total. The first-order valence-corrected chi connectivity index (χ1v) is 5.99. The standard InChI is InChI=1S/C13H13F6NO/c1-7(2)3-11(21)20-10-5-8(12(14,15)16)4-9(6-10)13(17,18)19/h4-7H,3H2,1-2H3,(H,20,21). The summed E-state index contributed by atoms with van der Waals surface area (Å²) in [5.74, 6) is -0.713. The zero-order valence-electron chi connectivity index (χ0n) is 11.2. The van der Waals surface area contributed by atoms with Gasteiger partial charge in [-0.3, -0.25) is 4.79 Å². The molecular weight excluding hydrogens is 300 g/mol. The molecule has 118 valence electrons. The Balaban J connectivity index is 3.17. The highest BCUT2D eigenvalue weighted by Crippen LogP contribution is 2.37. The van der Waals surface area contributed by atoms with Crippen molar-refractivity contribution in [2.75, 3.05) is 5.32 Å². The lowest BCUT2D eigenvalue weighted by Gasteiger charge is -2.15. The van der Waals surface area contributed by atoms with Crippen LogP contribution in [0, 0.1) is 5.92 Å². The first kappa shape index (κ1) is 17.3. The average molecular weight is 313 g/mol. The van der Waals surface area contributed by atoms with Gasteiger partial charge in [0.05, 0.1) is 11.1 Å². The summed E-state index contributed by atoms with van der Waals surface area (Å²) in [5, 5.41) is 2.06. The third-order valence-corrected chi connectivity index (χ3v) is 2.47. The van der Waals surface area contributed by atoms with Crippen molar-refractivity contribution in [3.05, 3.63) is 29.3 Å². The number of rotatable bonds is 3. The molecule has 0 aliphatic carbocycles. The third-order valence-electron chi connectivity index (χ3n) is 2.47. The Morgan fingerprint density at radius 2 is 1.43 bits per heavy atom. The van der Waals surface area contributed by atoms with Gasteiger partial charge in [0.15, 0.2) is 0 Å². The largest absolute Gasteiger partial charge is 0.416 e. The van der Waals surface area contributed by atoms with Gasteiger partial charge >= 0.3 is 12.4 Å². The van der Waals surface area contributed by atoms with E-state index in [-0.39, 0.29) is 18.4 Å². The van der Waals surface area contributed by atoms with Crippen LogP contribution in [0.1, 0.15) is 31.4 Å². The quantitative estimate of drug-likeness (QED) is 0.805. The van der Waals surface area contributed by atoms with Crippen LogP contribution in [-0.2, 0) is 17.1 Å². The molecule has 0 aromatic heterocycles. The summed E-state index contributed by atoms with van der Waals surface area (Å²) in [7, 11) is 0. The molecule has 0 aliphatic heterocycles. The number of halogens is 6. The van der Waals surface area contributed by atoms with Gasteiger partial charge in [0.2, 0.25) is 5.91 Å². The molecular formula is C13H13F6NO. The lowest BCUT2D eigenvalue weighted by molar-refractivity contribution is -0.143. The smallest absolute Gasteiger partial charge is 0.326 e. The molecule has 0 aliphatic rings. The minimum atomic E-state index is -4.93. The van der Waals surface area contributed by atoms with Crippen LogP contribution in [0.15, 0.2) is 18.2 Å². The number of carbonyl (C=O) groups is 1. The second-order valence-corrected chi connectivity index (χ2v) is 4.94. The van der Waals surface area contributed by atoms with Crippen molar-refractivity contribution in [3.8, 4) is 0 Å². The Labute approximate surface area is 117 Å². The van der Waals surface area contributed by atoms with Crippen molar-refractivity contribution in [3.63, 3.8) is 0 Å². The zero-order chi connectivity index (χ0) is 16.4. The number of anilines is 1. The monoisotopic (exact) mass is 313 g/mol. The van der Waals surface area contributed by atoms with Crippen LogP contribution < -0.4 is 5.32 Å². The van der Waals surface area contributed by atoms with Gasteiger partial charge in [-0.05, 0) is 24.1 Å². The van der Waals surface area contributed by atoms with Gasteiger partial charge in [-0.1, -0.05) is 13.8 Å². The Morgan fingerprint density at radius 3 is 1.76 bits per heavy atom. The fourth-order valence-corrected chi connectivity index (χ4v) is 1.61. The predicted octanol–water partition coefficient (Wildman–Crippen LogP) is 4.71. The van der Waals surface area contributed by atoms with E-state index in [1.165, 1.54) is 0 Å². The molecule has 0 radical (unpaired) electrons. The summed E-state index contributed by atoms with van der Waals surface area (Å²) in [5.41, 5.74) is -3.45.